The minimum Gasteiger partial charge on any atom is -0.550 e. The first-order valence-electron chi connectivity index (χ1n) is 9.08. The van der Waals surface area contributed by atoms with E-state index < -0.39 is 18.2 Å². The first-order chi connectivity index (χ1) is 12.6. The zero-order valence-electron chi connectivity index (χ0n) is 15.5. The van der Waals surface area contributed by atoms with Gasteiger partial charge in [-0.3, -0.25) is 0 Å². The fourth-order valence-corrected chi connectivity index (χ4v) is 1.90. The van der Waals surface area contributed by atoms with E-state index in [1.54, 1.807) is 30.4 Å². The third kappa shape index (κ3) is 18.2. The van der Waals surface area contributed by atoms with Crippen molar-refractivity contribution in [1.82, 2.24) is 0 Å². The second-order valence-electron chi connectivity index (χ2n) is 5.73. The van der Waals surface area contributed by atoms with Crippen molar-refractivity contribution in [2.45, 2.75) is 57.7 Å². The summed E-state index contributed by atoms with van der Waals surface area (Å²) in [6, 6.07) is 0. The molecule has 4 heteroatoms. The molecule has 0 unspecified atom stereocenters. The van der Waals surface area contributed by atoms with Crippen LogP contribution in [0.4, 0.5) is 0 Å². The van der Waals surface area contributed by atoms with Gasteiger partial charge in [-0.15, -0.1) is 0 Å². The highest BCUT2D eigenvalue weighted by Gasteiger charge is 1.93. The summed E-state index contributed by atoms with van der Waals surface area (Å²) in [5.41, 5.74) is 0. The molecule has 4 nitrogen and oxygen atoms in total. The molecule has 0 radical (unpaired) electrons. The van der Waals surface area contributed by atoms with Crippen molar-refractivity contribution in [3.8, 4) is 0 Å². The lowest BCUT2D eigenvalue weighted by Crippen LogP contribution is -2.21. The summed E-state index contributed by atoms with van der Waals surface area (Å²) in [5, 5.41) is 29.7. The topological polar surface area (TPSA) is 80.6 Å². The largest absolute Gasteiger partial charge is 0.550 e. The van der Waals surface area contributed by atoms with E-state index in [-0.39, 0.29) is 6.42 Å². The van der Waals surface area contributed by atoms with Gasteiger partial charge in [-0.25, -0.2) is 0 Å². The number of carbonyl (C=O) groups is 1. The Morgan fingerprint density at radius 3 is 1.92 bits per heavy atom. The maximum Gasteiger partial charge on any atom is 0.0758 e. The lowest BCUT2D eigenvalue weighted by Gasteiger charge is -1.99. The molecule has 26 heavy (non-hydrogen) atoms. The van der Waals surface area contributed by atoms with Crippen LogP contribution in [0.3, 0.4) is 0 Å². The summed E-state index contributed by atoms with van der Waals surface area (Å²) in [7, 11) is 0. The molecule has 0 saturated heterocycles. The average Bonchev–Trinajstić information content (AvgIpc) is 2.60. The molecule has 0 amide bonds. The summed E-state index contributed by atoms with van der Waals surface area (Å²) in [4.78, 5) is 10.2. The van der Waals surface area contributed by atoms with Gasteiger partial charge in [-0.05, 0) is 38.5 Å². The standard InChI is InChI=1S/C22H32O4/c1-2-3-10-15-20(23)17-12-8-9-13-18-21(24)16-11-6-4-5-7-14-19-22(25)26/h3,5-13,17-18,20-21,23-24H,2,4,14-16,19H2,1H3,(H,25,26)/p-1/b7-5-,9-8-,10-3-,11-6-,17-12+,18-13+/t20-,21-/m0/s1. The van der Waals surface area contributed by atoms with E-state index >= 15 is 0 Å². The fraction of sp³-hybridized carbons (Fsp3) is 0.409. The van der Waals surface area contributed by atoms with E-state index in [1.165, 1.54) is 0 Å². The summed E-state index contributed by atoms with van der Waals surface area (Å²) < 4.78 is 0. The number of allylic oxidation sites excluding steroid dienone is 8. The molecule has 0 aromatic carbocycles. The molecular formula is C22H31O4-. The van der Waals surface area contributed by atoms with Gasteiger partial charge < -0.3 is 20.1 Å². The predicted molar refractivity (Wildman–Crippen MR) is 105 cm³/mol. The van der Waals surface area contributed by atoms with Gasteiger partial charge in [0.1, 0.15) is 0 Å². The first kappa shape index (κ1) is 23.8. The van der Waals surface area contributed by atoms with Crippen molar-refractivity contribution < 1.29 is 20.1 Å². The normalized spacial score (nSPS) is 15.5. The Morgan fingerprint density at radius 2 is 1.38 bits per heavy atom. The Balaban J connectivity index is 3.87. The Labute approximate surface area is 157 Å². The van der Waals surface area contributed by atoms with Crippen molar-refractivity contribution in [1.29, 1.82) is 0 Å². The summed E-state index contributed by atoms with van der Waals surface area (Å²) in [6.45, 7) is 2.05. The third-order valence-electron chi connectivity index (χ3n) is 3.28. The van der Waals surface area contributed by atoms with Crippen molar-refractivity contribution >= 4 is 5.97 Å². The molecule has 0 heterocycles. The van der Waals surface area contributed by atoms with Crippen LogP contribution in [0.1, 0.15) is 45.4 Å². The molecule has 0 fully saturated rings. The molecule has 0 bridgehead atoms. The van der Waals surface area contributed by atoms with E-state index in [2.05, 4.69) is 6.92 Å². The highest BCUT2D eigenvalue weighted by molar-refractivity contribution is 5.64. The van der Waals surface area contributed by atoms with Crippen LogP contribution >= 0.6 is 0 Å². The van der Waals surface area contributed by atoms with E-state index in [9.17, 15) is 20.1 Å². The number of aliphatic hydroxyl groups is 2. The molecule has 144 valence electrons. The van der Waals surface area contributed by atoms with Crippen molar-refractivity contribution in [2.75, 3.05) is 0 Å². The number of carbonyl (C=O) groups excluding carboxylic acids is 1. The quantitative estimate of drug-likeness (QED) is 0.369. The molecule has 0 aromatic rings. The van der Waals surface area contributed by atoms with Crippen LogP contribution in [0, 0.1) is 0 Å². The maximum absolute atomic E-state index is 10.2. The smallest absolute Gasteiger partial charge is 0.0758 e. The zero-order chi connectivity index (χ0) is 19.5. The summed E-state index contributed by atoms with van der Waals surface area (Å²) >= 11 is 0. The number of aliphatic carboxylic acids is 1. The van der Waals surface area contributed by atoms with E-state index in [0.717, 1.165) is 6.42 Å². The lowest BCUT2D eigenvalue weighted by molar-refractivity contribution is -0.305. The SMILES string of the molecule is CC/C=C\C[C@H](O)/C=C/C=C\C=C\[C@@H](O)C/C=C\C/C=C\CCC(=O)[O-]. The Bertz CT molecular complexity index is 524. The lowest BCUT2D eigenvalue weighted by atomic mass is 10.2. The molecule has 0 aromatic heterocycles. The average molecular weight is 359 g/mol. The third-order valence-corrected chi connectivity index (χ3v) is 3.28. The van der Waals surface area contributed by atoms with Gasteiger partial charge in [-0.1, -0.05) is 79.8 Å². The van der Waals surface area contributed by atoms with Crippen LogP contribution in [0.5, 0.6) is 0 Å². The number of rotatable bonds is 14. The van der Waals surface area contributed by atoms with Gasteiger partial charge in [0, 0.05) is 5.97 Å². The van der Waals surface area contributed by atoms with E-state index in [0.29, 0.717) is 25.7 Å². The molecule has 0 spiro atoms. The highest BCUT2D eigenvalue weighted by atomic mass is 16.4. The Hall–Kier alpha value is -2.17. The molecule has 2 atom stereocenters. The van der Waals surface area contributed by atoms with E-state index in [1.807, 2.05) is 42.5 Å². The number of hydrogen-bond acceptors (Lipinski definition) is 4. The second-order valence-corrected chi connectivity index (χ2v) is 5.73. The Kier molecular flexibility index (Phi) is 16.2. The van der Waals surface area contributed by atoms with Crippen molar-refractivity contribution in [3.05, 3.63) is 72.9 Å². The van der Waals surface area contributed by atoms with Crippen LogP contribution in [0.2, 0.25) is 0 Å². The van der Waals surface area contributed by atoms with Crippen molar-refractivity contribution in [2.24, 2.45) is 0 Å². The first-order valence-corrected chi connectivity index (χ1v) is 9.08. The van der Waals surface area contributed by atoms with Gasteiger partial charge in [0.05, 0.1) is 12.2 Å². The van der Waals surface area contributed by atoms with Crippen LogP contribution in [-0.2, 0) is 4.79 Å². The fourth-order valence-electron chi connectivity index (χ4n) is 1.90. The molecule has 0 aliphatic rings. The Morgan fingerprint density at radius 1 is 0.846 bits per heavy atom. The predicted octanol–water partition coefficient (Wildman–Crippen LogP) is 3.16. The van der Waals surface area contributed by atoms with Gasteiger partial charge in [0.15, 0.2) is 0 Å². The van der Waals surface area contributed by atoms with Gasteiger partial charge >= 0.3 is 0 Å². The highest BCUT2D eigenvalue weighted by Crippen LogP contribution is 1.99. The molecule has 2 N–H and O–H groups in total. The minimum absolute atomic E-state index is 0.0430. The second kappa shape index (κ2) is 17.6. The van der Waals surface area contributed by atoms with Crippen molar-refractivity contribution in [3.63, 3.8) is 0 Å². The van der Waals surface area contributed by atoms with Crippen LogP contribution in [0.25, 0.3) is 0 Å². The van der Waals surface area contributed by atoms with Crippen LogP contribution < -0.4 is 5.11 Å². The molecule has 0 aliphatic carbocycles. The maximum atomic E-state index is 10.2. The monoisotopic (exact) mass is 359 g/mol. The number of hydrogen-bond donors (Lipinski definition) is 2. The molecule has 0 saturated carbocycles. The molecular weight excluding hydrogens is 328 g/mol. The van der Waals surface area contributed by atoms with Gasteiger partial charge in [0.2, 0.25) is 0 Å². The molecule has 0 rings (SSSR count). The van der Waals surface area contributed by atoms with Crippen LogP contribution in [0.15, 0.2) is 72.9 Å². The summed E-state index contributed by atoms with van der Waals surface area (Å²) in [5.74, 6) is -1.04. The minimum atomic E-state index is -1.04. The number of aliphatic hydroxyl groups excluding tert-OH is 2. The van der Waals surface area contributed by atoms with Gasteiger partial charge in [0.25, 0.3) is 0 Å². The van der Waals surface area contributed by atoms with Gasteiger partial charge in [-0.2, -0.15) is 0 Å². The van der Waals surface area contributed by atoms with E-state index in [4.69, 9.17) is 0 Å². The number of carboxylic acids is 1. The zero-order valence-corrected chi connectivity index (χ0v) is 15.5. The molecule has 0 aliphatic heterocycles. The number of carboxylic acid groups (broad SMARTS) is 1. The summed E-state index contributed by atoms with van der Waals surface area (Å²) in [6.07, 6.45) is 24.4. The van der Waals surface area contributed by atoms with Crippen LogP contribution in [-0.4, -0.2) is 28.4 Å².